The lowest BCUT2D eigenvalue weighted by molar-refractivity contribution is -0.140. The van der Waals surface area contributed by atoms with Gasteiger partial charge in [-0.05, 0) is 23.8 Å². The first kappa shape index (κ1) is 14.7. The molecular weight excluding hydrogens is 320 g/mol. The van der Waals surface area contributed by atoms with Gasteiger partial charge in [0.2, 0.25) is 0 Å². The number of aliphatic carboxylic acids is 1. The zero-order valence-corrected chi connectivity index (χ0v) is 12.9. The van der Waals surface area contributed by atoms with Gasteiger partial charge in [0.1, 0.15) is 10.9 Å². The van der Waals surface area contributed by atoms with Crippen molar-refractivity contribution in [3.63, 3.8) is 0 Å². The summed E-state index contributed by atoms with van der Waals surface area (Å²) < 4.78 is 0.257. The average molecular weight is 330 g/mol. The molecule has 5 nitrogen and oxygen atoms in total. The van der Waals surface area contributed by atoms with Crippen molar-refractivity contribution in [3.8, 4) is 0 Å². The second-order valence-corrected chi connectivity index (χ2v) is 6.30. The van der Waals surface area contributed by atoms with Gasteiger partial charge >= 0.3 is 5.97 Å². The Hall–Kier alpha value is -2.25. The fraction of sp³-hybridized carbons (Fsp3) is 0.0667. The maximum Gasteiger partial charge on any atom is 0.323 e. The van der Waals surface area contributed by atoms with Crippen LogP contribution in [0.3, 0.4) is 0 Å². The number of thioether (sulfide) groups is 1. The molecule has 110 valence electrons. The number of pyridine rings is 1. The summed E-state index contributed by atoms with van der Waals surface area (Å²) in [6.07, 6.45) is 3.35. The molecule has 0 saturated carbocycles. The maximum atomic E-state index is 12.2. The van der Waals surface area contributed by atoms with Gasteiger partial charge in [-0.2, -0.15) is 0 Å². The number of para-hydroxylation sites is 1. The molecule has 1 aromatic carbocycles. The van der Waals surface area contributed by atoms with Crippen LogP contribution < -0.4 is 0 Å². The minimum absolute atomic E-state index is 0.257. The molecule has 0 atom stereocenters. The summed E-state index contributed by atoms with van der Waals surface area (Å²) in [5.74, 6) is -1.48. The molecule has 0 spiro atoms. The van der Waals surface area contributed by atoms with Crippen molar-refractivity contribution in [1.29, 1.82) is 0 Å². The SMILES string of the molecule is O=C(O)CN1C(=O)/C(=C\c2cnc3ccccc3c2)SC1=S. The summed E-state index contributed by atoms with van der Waals surface area (Å²) >= 11 is 6.16. The molecule has 3 rings (SSSR count). The van der Waals surface area contributed by atoms with Gasteiger partial charge in [-0.15, -0.1) is 0 Å². The molecular formula is C15H10N2O3S2. The largest absolute Gasteiger partial charge is 0.480 e. The van der Waals surface area contributed by atoms with E-state index in [4.69, 9.17) is 17.3 Å². The Morgan fingerprint density at radius 2 is 2.18 bits per heavy atom. The van der Waals surface area contributed by atoms with Gasteiger partial charge in [0.15, 0.2) is 0 Å². The predicted octanol–water partition coefficient (Wildman–Crippen LogP) is 2.52. The maximum absolute atomic E-state index is 12.2. The number of hydrogen-bond acceptors (Lipinski definition) is 5. The number of nitrogens with zero attached hydrogens (tertiary/aromatic N) is 2. The van der Waals surface area contributed by atoms with E-state index < -0.39 is 12.5 Å². The minimum Gasteiger partial charge on any atom is -0.480 e. The molecule has 1 aliphatic heterocycles. The molecule has 1 N–H and O–H groups in total. The number of fused-ring (bicyclic) bond motifs is 1. The number of thiocarbonyl (C=S) groups is 1. The molecule has 2 aromatic rings. The lowest BCUT2D eigenvalue weighted by Gasteiger charge is -2.10. The standard InChI is InChI=1S/C15H10N2O3S2/c18-13(19)8-17-14(20)12(22-15(17)21)6-9-5-10-3-1-2-4-11(10)16-7-9/h1-7H,8H2,(H,18,19)/b12-6+. The number of carbonyl (C=O) groups is 2. The molecule has 1 amide bonds. The van der Waals surface area contributed by atoms with Gasteiger partial charge in [0, 0.05) is 11.6 Å². The highest BCUT2D eigenvalue weighted by molar-refractivity contribution is 8.26. The molecule has 1 aromatic heterocycles. The zero-order valence-electron chi connectivity index (χ0n) is 11.2. The van der Waals surface area contributed by atoms with Crippen molar-refractivity contribution in [1.82, 2.24) is 9.88 Å². The fourth-order valence-corrected chi connectivity index (χ4v) is 3.35. The molecule has 1 aliphatic rings. The van der Waals surface area contributed by atoms with Gasteiger partial charge in [-0.25, -0.2) is 0 Å². The summed E-state index contributed by atoms with van der Waals surface area (Å²) in [5.41, 5.74) is 1.65. The second-order valence-electron chi connectivity index (χ2n) is 4.62. The van der Waals surface area contributed by atoms with Gasteiger partial charge < -0.3 is 5.11 Å². The number of aromatic nitrogens is 1. The molecule has 1 fully saturated rings. The number of carboxylic acid groups (broad SMARTS) is 1. The van der Waals surface area contributed by atoms with Crippen molar-refractivity contribution in [2.24, 2.45) is 0 Å². The van der Waals surface area contributed by atoms with Crippen LogP contribution >= 0.6 is 24.0 Å². The Morgan fingerprint density at radius 3 is 2.95 bits per heavy atom. The molecule has 7 heteroatoms. The molecule has 0 bridgehead atoms. The molecule has 0 radical (unpaired) electrons. The number of carbonyl (C=O) groups excluding carboxylic acids is 1. The van der Waals surface area contributed by atoms with Crippen molar-refractivity contribution >= 4 is 57.2 Å². The van der Waals surface area contributed by atoms with Crippen molar-refractivity contribution in [2.75, 3.05) is 6.54 Å². The first-order valence-corrected chi connectivity index (χ1v) is 7.59. The summed E-state index contributed by atoms with van der Waals surface area (Å²) in [6, 6.07) is 9.60. The average Bonchev–Trinajstić information content (AvgIpc) is 2.74. The van der Waals surface area contributed by atoms with Gasteiger partial charge in [0.25, 0.3) is 5.91 Å². The molecule has 2 heterocycles. The third-order valence-corrected chi connectivity index (χ3v) is 4.45. The van der Waals surface area contributed by atoms with E-state index in [2.05, 4.69) is 4.98 Å². The number of amides is 1. The van der Waals surface area contributed by atoms with Crippen LogP contribution in [0.5, 0.6) is 0 Å². The Kier molecular flexibility index (Phi) is 3.91. The van der Waals surface area contributed by atoms with Crippen LogP contribution in [0.4, 0.5) is 0 Å². The first-order chi connectivity index (χ1) is 10.5. The Morgan fingerprint density at radius 1 is 1.41 bits per heavy atom. The lowest BCUT2D eigenvalue weighted by atomic mass is 10.1. The van der Waals surface area contributed by atoms with E-state index in [-0.39, 0.29) is 10.2 Å². The monoisotopic (exact) mass is 330 g/mol. The topological polar surface area (TPSA) is 70.5 Å². The van der Waals surface area contributed by atoms with E-state index in [1.807, 2.05) is 30.3 Å². The quantitative estimate of drug-likeness (QED) is 0.689. The van der Waals surface area contributed by atoms with Crippen LogP contribution in [0.1, 0.15) is 5.56 Å². The summed E-state index contributed by atoms with van der Waals surface area (Å²) in [6.45, 7) is -0.419. The van der Waals surface area contributed by atoms with E-state index in [9.17, 15) is 9.59 Å². The number of benzene rings is 1. The van der Waals surface area contributed by atoms with Crippen molar-refractivity contribution in [3.05, 3.63) is 47.0 Å². The van der Waals surface area contributed by atoms with Crippen LogP contribution in [0.15, 0.2) is 41.4 Å². The highest BCUT2D eigenvalue weighted by atomic mass is 32.2. The van der Waals surface area contributed by atoms with E-state index >= 15 is 0 Å². The third-order valence-electron chi connectivity index (χ3n) is 3.08. The van der Waals surface area contributed by atoms with Gasteiger partial charge in [-0.3, -0.25) is 19.5 Å². The summed E-state index contributed by atoms with van der Waals surface area (Å²) in [5, 5.41) is 9.78. The molecule has 22 heavy (non-hydrogen) atoms. The highest BCUT2D eigenvalue weighted by Crippen LogP contribution is 2.32. The molecule has 1 saturated heterocycles. The van der Waals surface area contributed by atoms with Crippen LogP contribution in [-0.4, -0.2) is 37.7 Å². The van der Waals surface area contributed by atoms with Crippen LogP contribution in [-0.2, 0) is 9.59 Å². The smallest absolute Gasteiger partial charge is 0.323 e. The number of rotatable bonds is 3. The van der Waals surface area contributed by atoms with E-state index in [0.717, 1.165) is 33.1 Å². The van der Waals surface area contributed by atoms with Crippen molar-refractivity contribution in [2.45, 2.75) is 0 Å². The fourth-order valence-electron chi connectivity index (χ4n) is 2.09. The van der Waals surface area contributed by atoms with Crippen LogP contribution in [0.2, 0.25) is 0 Å². The summed E-state index contributed by atoms with van der Waals surface area (Å²) in [7, 11) is 0. The zero-order chi connectivity index (χ0) is 15.7. The molecule has 0 aliphatic carbocycles. The Bertz CT molecular complexity index is 832. The predicted molar refractivity (Wildman–Crippen MR) is 89.3 cm³/mol. The number of hydrogen-bond donors (Lipinski definition) is 1. The van der Waals surface area contributed by atoms with Crippen LogP contribution in [0, 0.1) is 0 Å². The van der Waals surface area contributed by atoms with E-state index in [0.29, 0.717) is 4.91 Å². The minimum atomic E-state index is -1.09. The normalized spacial score (nSPS) is 16.7. The Balaban J connectivity index is 1.92. The van der Waals surface area contributed by atoms with Crippen molar-refractivity contribution < 1.29 is 14.7 Å². The highest BCUT2D eigenvalue weighted by Gasteiger charge is 2.33. The van der Waals surface area contributed by atoms with E-state index in [1.165, 1.54) is 0 Å². The van der Waals surface area contributed by atoms with E-state index in [1.54, 1.807) is 12.3 Å². The van der Waals surface area contributed by atoms with Gasteiger partial charge in [0.05, 0.1) is 10.4 Å². The number of carboxylic acids is 1. The second kappa shape index (κ2) is 5.86. The lowest BCUT2D eigenvalue weighted by Crippen LogP contribution is -2.33. The summed E-state index contributed by atoms with van der Waals surface area (Å²) in [4.78, 5) is 28.8. The molecule has 0 unspecified atom stereocenters. The first-order valence-electron chi connectivity index (χ1n) is 6.36. The third kappa shape index (κ3) is 2.86. The van der Waals surface area contributed by atoms with Gasteiger partial charge in [-0.1, -0.05) is 42.2 Å². The van der Waals surface area contributed by atoms with Crippen LogP contribution in [0.25, 0.3) is 17.0 Å². The Labute approximate surface area is 135 Å².